The molecule has 0 aliphatic rings. The second-order valence-electron chi connectivity index (χ2n) is 2.61. The maximum atomic E-state index is 13.1. The molecule has 0 unspecified atom stereocenters. The van der Waals surface area contributed by atoms with Gasteiger partial charge in [-0.25, -0.2) is 4.39 Å². The highest BCUT2D eigenvalue weighted by Crippen LogP contribution is 2.27. The summed E-state index contributed by atoms with van der Waals surface area (Å²) in [5, 5.41) is 1.98. The number of halogens is 2. The molecule has 1 aromatic carbocycles. The van der Waals surface area contributed by atoms with Crippen LogP contribution in [0.25, 0.3) is 10.4 Å². The molecule has 0 N–H and O–H groups in total. The van der Waals surface area contributed by atoms with E-state index in [1.807, 2.05) is 23.6 Å². The minimum Gasteiger partial charge on any atom is -0.206 e. The summed E-state index contributed by atoms with van der Waals surface area (Å²) in [5.41, 5.74) is 0.927. The van der Waals surface area contributed by atoms with Gasteiger partial charge in [0.1, 0.15) is 5.82 Å². The molecule has 66 valence electrons. The van der Waals surface area contributed by atoms with E-state index < -0.39 is 0 Å². The van der Waals surface area contributed by atoms with Crippen molar-refractivity contribution < 1.29 is 4.39 Å². The van der Waals surface area contributed by atoms with Gasteiger partial charge >= 0.3 is 0 Å². The van der Waals surface area contributed by atoms with E-state index in [0.29, 0.717) is 4.47 Å². The van der Waals surface area contributed by atoms with E-state index >= 15 is 0 Å². The number of thiophene rings is 1. The van der Waals surface area contributed by atoms with Crippen molar-refractivity contribution in [3.05, 3.63) is 46.0 Å². The zero-order valence-corrected chi connectivity index (χ0v) is 9.03. The summed E-state index contributed by atoms with van der Waals surface area (Å²) in [4.78, 5) is 1.09. The molecular weight excluding hydrogens is 251 g/mol. The Bertz CT molecular complexity index is 409. The van der Waals surface area contributed by atoms with Crippen molar-refractivity contribution in [2.24, 2.45) is 0 Å². The number of rotatable bonds is 1. The summed E-state index contributed by atoms with van der Waals surface area (Å²) in [5.74, 6) is -0.217. The van der Waals surface area contributed by atoms with Crippen LogP contribution in [0.15, 0.2) is 40.2 Å². The SMILES string of the molecule is Fc1cc(-c2cccs2)ccc1Br. The van der Waals surface area contributed by atoms with Crippen molar-refractivity contribution in [1.29, 1.82) is 0 Å². The summed E-state index contributed by atoms with van der Waals surface area (Å²) in [6.45, 7) is 0. The van der Waals surface area contributed by atoms with E-state index in [9.17, 15) is 4.39 Å². The molecule has 0 nitrogen and oxygen atoms in total. The Kier molecular flexibility index (Phi) is 2.47. The van der Waals surface area contributed by atoms with Gasteiger partial charge in [-0.1, -0.05) is 12.1 Å². The van der Waals surface area contributed by atoms with E-state index in [-0.39, 0.29) is 5.82 Å². The molecule has 0 fully saturated rings. The number of hydrogen-bond acceptors (Lipinski definition) is 1. The van der Waals surface area contributed by atoms with Crippen molar-refractivity contribution in [2.75, 3.05) is 0 Å². The van der Waals surface area contributed by atoms with Crippen LogP contribution in [0.2, 0.25) is 0 Å². The summed E-state index contributed by atoms with van der Waals surface area (Å²) < 4.78 is 13.6. The molecule has 1 aromatic heterocycles. The molecule has 0 atom stereocenters. The van der Waals surface area contributed by atoms with Gasteiger partial charge < -0.3 is 0 Å². The summed E-state index contributed by atoms with van der Waals surface area (Å²) in [6.07, 6.45) is 0. The van der Waals surface area contributed by atoms with Crippen LogP contribution in [0.3, 0.4) is 0 Å². The van der Waals surface area contributed by atoms with Crippen LogP contribution in [0.4, 0.5) is 4.39 Å². The van der Waals surface area contributed by atoms with E-state index in [1.165, 1.54) is 6.07 Å². The van der Waals surface area contributed by atoms with Crippen LogP contribution in [0.1, 0.15) is 0 Å². The van der Waals surface area contributed by atoms with Crippen LogP contribution < -0.4 is 0 Å². The zero-order valence-electron chi connectivity index (χ0n) is 6.63. The van der Waals surface area contributed by atoms with Crippen molar-refractivity contribution >= 4 is 27.3 Å². The molecule has 0 bridgehead atoms. The molecule has 0 amide bonds. The first-order valence-electron chi connectivity index (χ1n) is 3.76. The molecule has 0 aliphatic heterocycles. The third kappa shape index (κ3) is 1.81. The van der Waals surface area contributed by atoms with E-state index in [4.69, 9.17) is 0 Å². The second kappa shape index (κ2) is 3.60. The predicted molar refractivity (Wildman–Crippen MR) is 57.4 cm³/mol. The van der Waals surface area contributed by atoms with Crippen LogP contribution in [0.5, 0.6) is 0 Å². The molecule has 0 saturated carbocycles. The lowest BCUT2D eigenvalue weighted by Crippen LogP contribution is -1.78. The Morgan fingerprint density at radius 2 is 2.08 bits per heavy atom. The molecule has 0 radical (unpaired) electrons. The third-order valence-corrected chi connectivity index (χ3v) is 3.29. The highest BCUT2D eigenvalue weighted by molar-refractivity contribution is 9.10. The van der Waals surface area contributed by atoms with Gasteiger partial charge in [0.15, 0.2) is 0 Å². The van der Waals surface area contributed by atoms with Gasteiger partial charge in [0.05, 0.1) is 4.47 Å². The Morgan fingerprint density at radius 3 is 2.69 bits per heavy atom. The smallest absolute Gasteiger partial charge is 0.138 e. The van der Waals surface area contributed by atoms with Gasteiger partial charge in [0.25, 0.3) is 0 Å². The summed E-state index contributed by atoms with van der Waals surface area (Å²) >= 11 is 4.73. The van der Waals surface area contributed by atoms with E-state index in [1.54, 1.807) is 17.4 Å². The molecule has 2 aromatic rings. The fraction of sp³-hybridized carbons (Fsp3) is 0. The summed E-state index contributed by atoms with van der Waals surface area (Å²) in [6, 6.07) is 9.10. The fourth-order valence-electron chi connectivity index (χ4n) is 1.09. The average Bonchev–Trinajstić information content (AvgIpc) is 2.62. The van der Waals surface area contributed by atoms with Crippen molar-refractivity contribution in [1.82, 2.24) is 0 Å². The quantitative estimate of drug-likeness (QED) is 0.713. The van der Waals surface area contributed by atoms with Gasteiger partial charge in [-0.05, 0) is 45.1 Å². The third-order valence-electron chi connectivity index (χ3n) is 1.73. The maximum absolute atomic E-state index is 13.1. The van der Waals surface area contributed by atoms with Crippen LogP contribution in [-0.2, 0) is 0 Å². The van der Waals surface area contributed by atoms with Crippen LogP contribution >= 0.6 is 27.3 Å². The predicted octanol–water partition coefficient (Wildman–Crippen LogP) is 4.32. The first-order valence-corrected chi connectivity index (χ1v) is 5.43. The van der Waals surface area contributed by atoms with Crippen LogP contribution in [0, 0.1) is 5.82 Å². The van der Waals surface area contributed by atoms with Gasteiger partial charge in [0, 0.05) is 4.88 Å². The van der Waals surface area contributed by atoms with Gasteiger partial charge in [0.2, 0.25) is 0 Å². The molecule has 1 heterocycles. The number of benzene rings is 1. The lowest BCUT2D eigenvalue weighted by molar-refractivity contribution is 0.622. The molecule has 0 saturated heterocycles. The van der Waals surface area contributed by atoms with E-state index in [0.717, 1.165) is 10.4 Å². The minimum atomic E-state index is -0.217. The minimum absolute atomic E-state index is 0.217. The van der Waals surface area contributed by atoms with Crippen molar-refractivity contribution in [3.63, 3.8) is 0 Å². The monoisotopic (exact) mass is 256 g/mol. The van der Waals surface area contributed by atoms with E-state index in [2.05, 4.69) is 15.9 Å². The largest absolute Gasteiger partial charge is 0.206 e. The molecule has 3 heteroatoms. The topological polar surface area (TPSA) is 0 Å². The molecule has 13 heavy (non-hydrogen) atoms. The lowest BCUT2D eigenvalue weighted by atomic mass is 10.2. The first kappa shape index (κ1) is 8.91. The maximum Gasteiger partial charge on any atom is 0.138 e. The number of hydrogen-bond donors (Lipinski definition) is 0. The summed E-state index contributed by atoms with van der Waals surface area (Å²) in [7, 11) is 0. The average molecular weight is 257 g/mol. The van der Waals surface area contributed by atoms with Crippen molar-refractivity contribution in [3.8, 4) is 10.4 Å². The van der Waals surface area contributed by atoms with Crippen molar-refractivity contribution in [2.45, 2.75) is 0 Å². The lowest BCUT2D eigenvalue weighted by Gasteiger charge is -1.98. The standard InChI is InChI=1S/C10H6BrFS/c11-8-4-3-7(6-9(8)12)10-2-1-5-13-10/h1-6H. The Balaban J connectivity index is 2.49. The molecular formula is C10H6BrFS. The van der Waals surface area contributed by atoms with Gasteiger partial charge in [-0.2, -0.15) is 0 Å². The van der Waals surface area contributed by atoms with Gasteiger partial charge in [-0.15, -0.1) is 11.3 Å². The first-order chi connectivity index (χ1) is 6.27. The molecule has 0 spiro atoms. The normalized spacial score (nSPS) is 10.3. The molecule has 0 aliphatic carbocycles. The fourth-order valence-corrected chi connectivity index (χ4v) is 2.06. The molecule has 2 rings (SSSR count). The highest BCUT2D eigenvalue weighted by atomic mass is 79.9. The Labute approximate surface area is 88.2 Å². The zero-order chi connectivity index (χ0) is 9.26. The second-order valence-corrected chi connectivity index (χ2v) is 4.41. The Morgan fingerprint density at radius 1 is 1.23 bits per heavy atom. The van der Waals surface area contributed by atoms with Crippen LogP contribution in [-0.4, -0.2) is 0 Å². The van der Waals surface area contributed by atoms with Gasteiger partial charge in [-0.3, -0.25) is 0 Å². The highest BCUT2D eigenvalue weighted by Gasteiger charge is 2.02. The Hall–Kier alpha value is -0.670.